The molecule has 1 unspecified atom stereocenters. The summed E-state index contributed by atoms with van der Waals surface area (Å²) in [6.07, 6.45) is 1.42. The first-order valence-corrected chi connectivity index (χ1v) is 6.05. The number of hydrogen-bond donors (Lipinski definition) is 2. The van der Waals surface area contributed by atoms with Gasteiger partial charge in [-0.1, -0.05) is 13.3 Å². The third-order valence-electron chi connectivity index (χ3n) is 2.68. The minimum atomic E-state index is -0.937. The van der Waals surface area contributed by atoms with Crippen molar-refractivity contribution < 1.29 is 14.8 Å². The Balaban J connectivity index is 2.89. The number of pyridine rings is 1. The monoisotopic (exact) mass is 269 g/mol. The zero-order valence-corrected chi connectivity index (χ0v) is 11.3. The van der Waals surface area contributed by atoms with Gasteiger partial charge in [0.2, 0.25) is 11.7 Å². The molecule has 1 atom stereocenters. The van der Waals surface area contributed by atoms with E-state index in [1.54, 1.807) is 6.92 Å². The normalized spacial score (nSPS) is 13.7. The van der Waals surface area contributed by atoms with Gasteiger partial charge in [-0.25, -0.2) is 0 Å². The number of methoxy groups -OCH3 is 1. The number of ether oxygens (including phenoxy) is 1. The first kappa shape index (κ1) is 15.2. The predicted octanol–water partition coefficient (Wildman–Crippen LogP) is 1.96. The molecular formula is C12H19N3O4. The Hall–Kier alpha value is -1.89. The summed E-state index contributed by atoms with van der Waals surface area (Å²) in [6.45, 7) is 3.82. The van der Waals surface area contributed by atoms with Crippen LogP contribution in [0.1, 0.15) is 26.7 Å². The highest BCUT2D eigenvalue weighted by atomic mass is 16.6. The first-order chi connectivity index (χ1) is 8.89. The molecule has 1 heterocycles. The lowest BCUT2D eigenvalue weighted by Gasteiger charge is -2.23. The van der Waals surface area contributed by atoms with Gasteiger partial charge in [-0.3, -0.25) is 10.1 Å². The van der Waals surface area contributed by atoms with Crippen LogP contribution in [0, 0.1) is 10.1 Å². The van der Waals surface area contributed by atoms with Crippen LogP contribution >= 0.6 is 0 Å². The van der Waals surface area contributed by atoms with Crippen LogP contribution in [0.3, 0.4) is 0 Å². The van der Waals surface area contributed by atoms with E-state index in [1.165, 1.54) is 19.2 Å². The van der Waals surface area contributed by atoms with E-state index in [4.69, 9.17) is 4.74 Å². The zero-order chi connectivity index (χ0) is 14.5. The van der Waals surface area contributed by atoms with Crippen LogP contribution in [-0.2, 0) is 0 Å². The average Bonchev–Trinajstić information content (AvgIpc) is 2.35. The number of aliphatic hydroxyl groups is 1. The summed E-state index contributed by atoms with van der Waals surface area (Å²) in [5.74, 6) is 0.379. The Morgan fingerprint density at radius 1 is 1.58 bits per heavy atom. The zero-order valence-electron chi connectivity index (χ0n) is 11.3. The second-order valence-electron chi connectivity index (χ2n) is 4.58. The number of nitrogens with zero attached hydrogens (tertiary/aromatic N) is 2. The van der Waals surface area contributed by atoms with E-state index in [1.807, 2.05) is 6.92 Å². The van der Waals surface area contributed by atoms with E-state index in [2.05, 4.69) is 10.3 Å². The second kappa shape index (κ2) is 6.33. The molecule has 1 rings (SSSR count). The van der Waals surface area contributed by atoms with Gasteiger partial charge in [0, 0.05) is 18.7 Å². The van der Waals surface area contributed by atoms with Crippen LogP contribution in [0.25, 0.3) is 0 Å². The van der Waals surface area contributed by atoms with Gasteiger partial charge in [0.15, 0.2) is 0 Å². The van der Waals surface area contributed by atoms with E-state index in [0.29, 0.717) is 6.42 Å². The molecule has 7 heteroatoms. The minimum absolute atomic E-state index is 0.0979. The maximum atomic E-state index is 10.9. The van der Waals surface area contributed by atoms with Crippen molar-refractivity contribution in [3.8, 4) is 5.88 Å². The largest absolute Gasteiger partial charge is 0.481 e. The van der Waals surface area contributed by atoms with Crippen molar-refractivity contribution in [3.63, 3.8) is 0 Å². The number of rotatable bonds is 7. The topological polar surface area (TPSA) is 97.5 Å². The standard InChI is InChI=1S/C12H19N3O4/c1-4-7-12(2,16)8-13-11-9(15(17)18)5-6-10(14-11)19-3/h5-6,16H,4,7-8H2,1-3H3,(H,13,14). The molecule has 0 aliphatic rings. The van der Waals surface area contributed by atoms with E-state index in [0.717, 1.165) is 6.42 Å². The number of anilines is 1. The van der Waals surface area contributed by atoms with Crippen molar-refractivity contribution in [2.75, 3.05) is 19.0 Å². The van der Waals surface area contributed by atoms with E-state index in [-0.39, 0.29) is 23.9 Å². The van der Waals surface area contributed by atoms with Crippen LogP contribution in [0.15, 0.2) is 12.1 Å². The molecule has 0 aliphatic carbocycles. The Labute approximate surface area is 111 Å². The smallest absolute Gasteiger partial charge is 0.311 e. The summed E-state index contributed by atoms with van der Waals surface area (Å²) >= 11 is 0. The molecular weight excluding hydrogens is 250 g/mol. The summed E-state index contributed by atoms with van der Waals surface area (Å²) in [5, 5.41) is 23.7. The molecule has 1 aromatic heterocycles. The third kappa shape index (κ3) is 4.36. The molecule has 0 bridgehead atoms. The Bertz CT molecular complexity index is 449. The predicted molar refractivity (Wildman–Crippen MR) is 71.5 cm³/mol. The fourth-order valence-electron chi connectivity index (χ4n) is 1.73. The summed E-state index contributed by atoms with van der Waals surface area (Å²) in [4.78, 5) is 14.4. The molecule has 0 spiro atoms. The average molecular weight is 269 g/mol. The van der Waals surface area contributed by atoms with E-state index >= 15 is 0 Å². The summed E-state index contributed by atoms with van der Waals surface area (Å²) in [7, 11) is 1.44. The molecule has 7 nitrogen and oxygen atoms in total. The van der Waals surface area contributed by atoms with Crippen LogP contribution in [-0.4, -0.2) is 34.3 Å². The van der Waals surface area contributed by atoms with Gasteiger partial charge in [0.1, 0.15) is 0 Å². The van der Waals surface area contributed by atoms with Crippen LogP contribution in [0.5, 0.6) is 5.88 Å². The highest BCUT2D eigenvalue weighted by molar-refractivity contribution is 5.57. The van der Waals surface area contributed by atoms with Crippen molar-refractivity contribution in [3.05, 3.63) is 22.2 Å². The second-order valence-corrected chi connectivity index (χ2v) is 4.58. The van der Waals surface area contributed by atoms with Gasteiger partial charge in [-0.05, 0) is 13.3 Å². The minimum Gasteiger partial charge on any atom is -0.481 e. The maximum absolute atomic E-state index is 10.9. The van der Waals surface area contributed by atoms with Crippen molar-refractivity contribution >= 4 is 11.5 Å². The van der Waals surface area contributed by atoms with Gasteiger partial charge in [-0.15, -0.1) is 0 Å². The van der Waals surface area contributed by atoms with Gasteiger partial charge in [-0.2, -0.15) is 4.98 Å². The summed E-state index contributed by atoms with van der Waals surface area (Å²) < 4.78 is 4.93. The molecule has 0 amide bonds. The maximum Gasteiger partial charge on any atom is 0.311 e. The summed E-state index contributed by atoms with van der Waals surface area (Å²) in [5.41, 5.74) is -1.08. The molecule has 106 valence electrons. The molecule has 0 aromatic carbocycles. The molecule has 19 heavy (non-hydrogen) atoms. The Kier molecular flexibility index (Phi) is 5.05. The number of hydrogen-bond acceptors (Lipinski definition) is 6. The fraction of sp³-hybridized carbons (Fsp3) is 0.583. The molecule has 0 aliphatic heterocycles. The third-order valence-corrected chi connectivity index (χ3v) is 2.68. The van der Waals surface area contributed by atoms with Gasteiger partial charge in [0.05, 0.1) is 17.6 Å². The van der Waals surface area contributed by atoms with Crippen molar-refractivity contribution in [2.24, 2.45) is 0 Å². The highest BCUT2D eigenvalue weighted by Gasteiger charge is 2.22. The van der Waals surface area contributed by atoms with E-state index < -0.39 is 10.5 Å². The van der Waals surface area contributed by atoms with Crippen LogP contribution < -0.4 is 10.1 Å². The van der Waals surface area contributed by atoms with Crippen molar-refractivity contribution in [2.45, 2.75) is 32.3 Å². The van der Waals surface area contributed by atoms with Crippen molar-refractivity contribution in [1.29, 1.82) is 0 Å². The number of nitrogens with one attached hydrogen (secondary N) is 1. The number of nitro groups is 1. The van der Waals surface area contributed by atoms with Gasteiger partial charge < -0.3 is 15.2 Å². The molecule has 0 fully saturated rings. The highest BCUT2D eigenvalue weighted by Crippen LogP contribution is 2.25. The Morgan fingerprint density at radius 3 is 2.79 bits per heavy atom. The number of aromatic nitrogens is 1. The van der Waals surface area contributed by atoms with E-state index in [9.17, 15) is 15.2 Å². The van der Waals surface area contributed by atoms with Crippen LogP contribution in [0.4, 0.5) is 11.5 Å². The molecule has 0 radical (unpaired) electrons. The molecule has 2 N–H and O–H groups in total. The molecule has 0 saturated carbocycles. The molecule has 0 saturated heterocycles. The summed E-state index contributed by atoms with van der Waals surface area (Å²) in [6, 6.07) is 2.75. The lowest BCUT2D eigenvalue weighted by atomic mass is 10.0. The SMILES string of the molecule is CCCC(C)(O)CNc1nc(OC)ccc1[N+](=O)[O-]. The van der Waals surface area contributed by atoms with Gasteiger partial charge in [0.25, 0.3) is 0 Å². The molecule has 1 aromatic rings. The fourth-order valence-corrected chi connectivity index (χ4v) is 1.73. The lowest BCUT2D eigenvalue weighted by molar-refractivity contribution is -0.384. The van der Waals surface area contributed by atoms with Crippen molar-refractivity contribution in [1.82, 2.24) is 4.98 Å². The van der Waals surface area contributed by atoms with Gasteiger partial charge >= 0.3 is 5.69 Å². The Morgan fingerprint density at radius 2 is 2.26 bits per heavy atom. The lowest BCUT2D eigenvalue weighted by Crippen LogP contribution is -2.33. The quantitative estimate of drug-likeness (QED) is 0.580. The van der Waals surface area contributed by atoms with Crippen LogP contribution in [0.2, 0.25) is 0 Å². The first-order valence-electron chi connectivity index (χ1n) is 6.05.